The smallest absolute Gasteiger partial charge is 0.169 e. The van der Waals surface area contributed by atoms with E-state index in [2.05, 4.69) is 31.4 Å². The maximum atomic E-state index is 6.24. The summed E-state index contributed by atoms with van der Waals surface area (Å²) in [5.74, 6) is 2.50. The number of nitrogens with zero attached hydrogens (tertiary/aromatic N) is 5. The highest BCUT2D eigenvalue weighted by Crippen LogP contribution is 2.39. The fourth-order valence-electron chi connectivity index (χ4n) is 5.08. The van der Waals surface area contributed by atoms with Crippen LogP contribution in [0.15, 0.2) is 42.7 Å². The van der Waals surface area contributed by atoms with E-state index in [4.69, 9.17) is 14.2 Å². The molecule has 6 rings (SSSR count). The standard InChI is InChI=1S/C27H30N6O3/c1-17-10-23(24(14-28-17)34-15-22-16-35-27(36-22)7-4-5-8-27)20-6-9-33-21(12-20)13-26(32-33)31-25-11-18(2)29-19(3)30-25/h6,9-14,22H,4-5,7-8,15-16H2,1-3H3,(H,29,30,31,32). The zero-order chi connectivity index (χ0) is 24.7. The van der Waals surface area contributed by atoms with Crippen molar-refractivity contribution in [2.24, 2.45) is 0 Å². The molecule has 0 aromatic carbocycles. The largest absolute Gasteiger partial charge is 0.489 e. The van der Waals surface area contributed by atoms with Gasteiger partial charge in [-0.05, 0) is 57.4 Å². The molecule has 2 fully saturated rings. The Bertz CT molecular complexity index is 1390. The summed E-state index contributed by atoms with van der Waals surface area (Å²) >= 11 is 0. The van der Waals surface area contributed by atoms with E-state index in [1.165, 1.54) is 0 Å². The molecule has 5 heterocycles. The number of anilines is 2. The lowest BCUT2D eigenvalue weighted by molar-refractivity contribution is -0.164. The Morgan fingerprint density at radius 3 is 2.75 bits per heavy atom. The van der Waals surface area contributed by atoms with Crippen molar-refractivity contribution in [2.45, 2.75) is 58.3 Å². The highest BCUT2D eigenvalue weighted by molar-refractivity contribution is 5.75. The second-order valence-corrected chi connectivity index (χ2v) is 9.68. The van der Waals surface area contributed by atoms with Gasteiger partial charge in [-0.1, -0.05) is 0 Å². The predicted octanol–water partition coefficient (Wildman–Crippen LogP) is 4.92. The Labute approximate surface area is 209 Å². The molecule has 1 atom stereocenters. The summed E-state index contributed by atoms with van der Waals surface area (Å²) < 4.78 is 20.3. The van der Waals surface area contributed by atoms with Crippen molar-refractivity contribution in [3.05, 3.63) is 59.9 Å². The van der Waals surface area contributed by atoms with Crippen molar-refractivity contribution in [3.63, 3.8) is 0 Å². The molecule has 9 nitrogen and oxygen atoms in total. The molecule has 0 bridgehead atoms. The first kappa shape index (κ1) is 22.9. The fourth-order valence-corrected chi connectivity index (χ4v) is 5.08. The van der Waals surface area contributed by atoms with Gasteiger partial charge in [0.2, 0.25) is 0 Å². The quantitative estimate of drug-likeness (QED) is 0.410. The first-order chi connectivity index (χ1) is 17.4. The first-order valence-electron chi connectivity index (χ1n) is 12.5. The number of fused-ring (bicyclic) bond motifs is 1. The van der Waals surface area contributed by atoms with Gasteiger partial charge in [0.15, 0.2) is 11.6 Å². The van der Waals surface area contributed by atoms with Gasteiger partial charge in [0.1, 0.15) is 30.1 Å². The van der Waals surface area contributed by atoms with Gasteiger partial charge in [0.05, 0.1) is 18.3 Å². The van der Waals surface area contributed by atoms with Gasteiger partial charge < -0.3 is 19.5 Å². The van der Waals surface area contributed by atoms with Crippen LogP contribution in [0, 0.1) is 20.8 Å². The Morgan fingerprint density at radius 2 is 1.92 bits per heavy atom. The topological polar surface area (TPSA) is 95.7 Å². The van der Waals surface area contributed by atoms with E-state index in [1.807, 2.05) is 55.7 Å². The number of nitrogens with one attached hydrogen (secondary N) is 1. The molecule has 186 valence electrons. The van der Waals surface area contributed by atoms with E-state index in [9.17, 15) is 0 Å². The summed E-state index contributed by atoms with van der Waals surface area (Å²) in [5.41, 5.74) is 4.79. The van der Waals surface area contributed by atoms with Crippen LogP contribution in [0.3, 0.4) is 0 Å². The van der Waals surface area contributed by atoms with E-state index in [-0.39, 0.29) is 11.9 Å². The average molecular weight is 487 g/mol. The van der Waals surface area contributed by atoms with Gasteiger partial charge in [-0.2, -0.15) is 5.10 Å². The maximum absolute atomic E-state index is 6.24. The lowest BCUT2D eigenvalue weighted by Crippen LogP contribution is -2.28. The zero-order valence-electron chi connectivity index (χ0n) is 20.8. The summed E-state index contributed by atoms with van der Waals surface area (Å²) in [4.78, 5) is 13.2. The molecule has 0 amide bonds. The third-order valence-corrected chi connectivity index (χ3v) is 6.70. The van der Waals surface area contributed by atoms with E-state index in [1.54, 1.807) is 6.20 Å². The lowest BCUT2D eigenvalue weighted by atomic mass is 10.1. The summed E-state index contributed by atoms with van der Waals surface area (Å²) in [6, 6.07) is 10.1. The minimum Gasteiger partial charge on any atom is -0.489 e. The number of aromatic nitrogens is 5. The summed E-state index contributed by atoms with van der Waals surface area (Å²) in [7, 11) is 0. The first-order valence-corrected chi connectivity index (χ1v) is 12.5. The van der Waals surface area contributed by atoms with Crippen molar-refractivity contribution in [2.75, 3.05) is 18.5 Å². The van der Waals surface area contributed by atoms with Crippen LogP contribution in [0.1, 0.15) is 42.9 Å². The summed E-state index contributed by atoms with van der Waals surface area (Å²) in [5, 5.41) is 7.92. The maximum Gasteiger partial charge on any atom is 0.169 e. The highest BCUT2D eigenvalue weighted by Gasteiger charge is 2.43. The molecule has 1 spiro atoms. The molecule has 4 aromatic rings. The Balaban J connectivity index is 1.22. The van der Waals surface area contributed by atoms with Crippen LogP contribution < -0.4 is 10.1 Å². The molecule has 1 aliphatic heterocycles. The molecule has 1 N–H and O–H groups in total. The van der Waals surface area contributed by atoms with Gasteiger partial charge in [0, 0.05) is 48.1 Å². The van der Waals surface area contributed by atoms with Crippen LogP contribution in [-0.4, -0.2) is 49.7 Å². The van der Waals surface area contributed by atoms with Crippen molar-refractivity contribution in [1.29, 1.82) is 0 Å². The molecule has 1 saturated carbocycles. The molecule has 1 saturated heterocycles. The monoisotopic (exact) mass is 486 g/mol. The molecule has 2 aliphatic rings. The Morgan fingerprint density at radius 1 is 1.06 bits per heavy atom. The second kappa shape index (κ2) is 9.15. The lowest BCUT2D eigenvalue weighted by Gasteiger charge is -2.22. The van der Waals surface area contributed by atoms with E-state index in [0.29, 0.717) is 19.0 Å². The molecular formula is C27H30N6O3. The number of aryl methyl sites for hydroxylation is 3. The molecule has 9 heteroatoms. The van der Waals surface area contributed by atoms with Crippen molar-refractivity contribution >= 4 is 17.2 Å². The van der Waals surface area contributed by atoms with Gasteiger partial charge in [0.25, 0.3) is 0 Å². The normalized spacial score (nSPS) is 18.8. The molecule has 4 aromatic heterocycles. The summed E-state index contributed by atoms with van der Waals surface area (Å²) in [6.07, 6.45) is 7.93. The Hall–Kier alpha value is -3.56. The van der Waals surface area contributed by atoms with Crippen LogP contribution in [0.2, 0.25) is 0 Å². The third-order valence-electron chi connectivity index (χ3n) is 6.70. The van der Waals surface area contributed by atoms with Crippen LogP contribution in [0.4, 0.5) is 11.6 Å². The predicted molar refractivity (Wildman–Crippen MR) is 135 cm³/mol. The van der Waals surface area contributed by atoms with Gasteiger partial charge in [-0.25, -0.2) is 14.5 Å². The van der Waals surface area contributed by atoms with Crippen molar-refractivity contribution < 1.29 is 14.2 Å². The zero-order valence-corrected chi connectivity index (χ0v) is 20.8. The van der Waals surface area contributed by atoms with Gasteiger partial charge >= 0.3 is 0 Å². The number of rotatable bonds is 6. The van der Waals surface area contributed by atoms with Crippen LogP contribution in [0.5, 0.6) is 5.75 Å². The van der Waals surface area contributed by atoms with E-state index in [0.717, 1.165) is 71.1 Å². The van der Waals surface area contributed by atoms with E-state index >= 15 is 0 Å². The van der Waals surface area contributed by atoms with Crippen molar-refractivity contribution in [3.8, 4) is 16.9 Å². The fraction of sp³-hybridized carbons (Fsp3) is 0.407. The van der Waals surface area contributed by atoms with Crippen LogP contribution >= 0.6 is 0 Å². The number of hydrogen-bond acceptors (Lipinski definition) is 8. The molecule has 36 heavy (non-hydrogen) atoms. The molecule has 1 unspecified atom stereocenters. The van der Waals surface area contributed by atoms with Crippen LogP contribution in [-0.2, 0) is 9.47 Å². The highest BCUT2D eigenvalue weighted by atomic mass is 16.8. The van der Waals surface area contributed by atoms with Crippen LogP contribution in [0.25, 0.3) is 16.6 Å². The van der Waals surface area contributed by atoms with E-state index < -0.39 is 0 Å². The average Bonchev–Trinajstić information content (AvgIpc) is 3.57. The van der Waals surface area contributed by atoms with Gasteiger partial charge in [-0.15, -0.1) is 0 Å². The number of hydrogen-bond donors (Lipinski definition) is 1. The second-order valence-electron chi connectivity index (χ2n) is 9.68. The minimum absolute atomic E-state index is 0.0720. The SMILES string of the molecule is Cc1cc(-c2ccn3nc(Nc4cc(C)nc(C)n4)cc3c2)c(OCC2COC3(CCCC3)O2)cn1. The minimum atomic E-state index is -0.385. The number of ether oxygens (including phenoxy) is 3. The Kier molecular flexibility index (Phi) is 5.81. The third kappa shape index (κ3) is 4.64. The summed E-state index contributed by atoms with van der Waals surface area (Å²) in [6.45, 7) is 6.81. The molecular weight excluding hydrogens is 456 g/mol. The van der Waals surface area contributed by atoms with Gasteiger partial charge in [-0.3, -0.25) is 4.98 Å². The van der Waals surface area contributed by atoms with Crippen molar-refractivity contribution in [1.82, 2.24) is 24.6 Å². The molecule has 0 radical (unpaired) electrons. The molecule has 1 aliphatic carbocycles. The number of pyridine rings is 2.